The zero-order chi connectivity index (χ0) is 18.1. The molecule has 25 heavy (non-hydrogen) atoms. The SMILES string of the molecule is CCC(C)CC(OC(CC(C)CC)C1CCCCC1)C1CCCCC1. The summed E-state index contributed by atoms with van der Waals surface area (Å²) in [5.41, 5.74) is 0. The smallest absolute Gasteiger partial charge is 0.0609 e. The van der Waals surface area contributed by atoms with Gasteiger partial charge in [-0.2, -0.15) is 0 Å². The fourth-order valence-corrected chi connectivity index (χ4v) is 5.08. The Bertz CT molecular complexity index is 295. The van der Waals surface area contributed by atoms with Gasteiger partial charge in [-0.25, -0.2) is 0 Å². The summed E-state index contributed by atoms with van der Waals surface area (Å²) in [6.07, 6.45) is 20.6. The van der Waals surface area contributed by atoms with Gasteiger partial charge in [-0.3, -0.25) is 0 Å². The van der Waals surface area contributed by atoms with Gasteiger partial charge in [-0.1, -0.05) is 79.1 Å². The van der Waals surface area contributed by atoms with E-state index < -0.39 is 0 Å². The Labute approximate surface area is 158 Å². The van der Waals surface area contributed by atoms with Crippen LogP contribution >= 0.6 is 0 Å². The van der Waals surface area contributed by atoms with Gasteiger partial charge in [0.2, 0.25) is 0 Å². The lowest BCUT2D eigenvalue weighted by molar-refractivity contribution is -0.0970. The van der Waals surface area contributed by atoms with Gasteiger partial charge in [0.1, 0.15) is 0 Å². The summed E-state index contributed by atoms with van der Waals surface area (Å²) in [4.78, 5) is 0. The molecule has 0 heterocycles. The van der Waals surface area contributed by atoms with E-state index in [1.807, 2.05) is 0 Å². The van der Waals surface area contributed by atoms with E-state index in [1.54, 1.807) is 0 Å². The molecule has 148 valence electrons. The van der Waals surface area contributed by atoms with Crippen LogP contribution in [0.5, 0.6) is 0 Å². The summed E-state index contributed by atoms with van der Waals surface area (Å²) in [6, 6.07) is 0. The van der Waals surface area contributed by atoms with Crippen molar-refractivity contribution in [1.82, 2.24) is 0 Å². The highest BCUT2D eigenvalue weighted by atomic mass is 16.5. The predicted molar refractivity (Wildman–Crippen MR) is 110 cm³/mol. The van der Waals surface area contributed by atoms with Crippen LogP contribution in [-0.4, -0.2) is 12.2 Å². The molecule has 1 heteroatoms. The van der Waals surface area contributed by atoms with Crippen molar-refractivity contribution < 1.29 is 4.74 Å². The largest absolute Gasteiger partial charge is 0.374 e. The average molecular weight is 351 g/mol. The molecule has 0 aromatic carbocycles. The molecular weight excluding hydrogens is 304 g/mol. The first-order valence-corrected chi connectivity index (χ1v) is 11.8. The predicted octanol–water partition coefficient (Wildman–Crippen LogP) is 7.77. The van der Waals surface area contributed by atoms with Gasteiger partial charge in [-0.15, -0.1) is 0 Å². The van der Waals surface area contributed by atoms with Crippen molar-refractivity contribution in [3.05, 3.63) is 0 Å². The zero-order valence-corrected chi connectivity index (χ0v) is 17.8. The van der Waals surface area contributed by atoms with Crippen LogP contribution in [0.15, 0.2) is 0 Å². The number of ether oxygens (including phenoxy) is 1. The summed E-state index contributed by atoms with van der Waals surface area (Å²) in [5, 5.41) is 0. The second-order valence-electron chi connectivity index (χ2n) is 9.51. The first-order chi connectivity index (χ1) is 12.1. The Morgan fingerprint density at radius 3 is 1.32 bits per heavy atom. The van der Waals surface area contributed by atoms with Crippen molar-refractivity contribution in [3.63, 3.8) is 0 Å². The summed E-state index contributed by atoms with van der Waals surface area (Å²) in [5.74, 6) is 3.29. The number of rotatable bonds is 10. The van der Waals surface area contributed by atoms with E-state index in [1.165, 1.54) is 89.9 Å². The molecule has 2 saturated carbocycles. The van der Waals surface area contributed by atoms with Crippen LogP contribution in [0.2, 0.25) is 0 Å². The molecule has 4 unspecified atom stereocenters. The van der Waals surface area contributed by atoms with Crippen LogP contribution in [0.4, 0.5) is 0 Å². The fourth-order valence-electron chi connectivity index (χ4n) is 5.08. The monoisotopic (exact) mass is 350 g/mol. The standard InChI is InChI=1S/C24H46O/c1-5-19(3)17-23(21-13-9-7-10-14-21)25-24(18-20(4)6-2)22-15-11-8-12-16-22/h19-24H,5-18H2,1-4H3. The van der Waals surface area contributed by atoms with Crippen molar-refractivity contribution in [3.8, 4) is 0 Å². The zero-order valence-electron chi connectivity index (χ0n) is 17.8. The lowest BCUT2D eigenvalue weighted by Gasteiger charge is -2.39. The van der Waals surface area contributed by atoms with E-state index in [4.69, 9.17) is 4.74 Å². The highest BCUT2D eigenvalue weighted by Crippen LogP contribution is 2.37. The second-order valence-corrected chi connectivity index (χ2v) is 9.51. The van der Waals surface area contributed by atoms with E-state index in [2.05, 4.69) is 27.7 Å². The topological polar surface area (TPSA) is 9.23 Å². The van der Waals surface area contributed by atoms with Crippen molar-refractivity contribution in [2.75, 3.05) is 0 Å². The minimum absolute atomic E-state index is 0.534. The molecule has 0 amide bonds. The van der Waals surface area contributed by atoms with Crippen molar-refractivity contribution in [1.29, 1.82) is 0 Å². The molecular formula is C24H46O. The normalized spacial score (nSPS) is 25.4. The highest BCUT2D eigenvalue weighted by Gasteiger charge is 2.32. The third-order valence-corrected chi connectivity index (χ3v) is 7.36. The van der Waals surface area contributed by atoms with Crippen molar-refractivity contribution in [2.45, 2.75) is 130 Å². The Hall–Kier alpha value is -0.0400. The number of hydrogen-bond donors (Lipinski definition) is 0. The molecule has 2 rings (SSSR count). The van der Waals surface area contributed by atoms with Gasteiger partial charge in [-0.05, 0) is 62.2 Å². The molecule has 1 nitrogen and oxygen atoms in total. The lowest BCUT2D eigenvalue weighted by Crippen LogP contribution is -2.37. The van der Waals surface area contributed by atoms with Crippen LogP contribution < -0.4 is 0 Å². The van der Waals surface area contributed by atoms with E-state index in [9.17, 15) is 0 Å². The molecule has 0 aromatic rings. The van der Waals surface area contributed by atoms with Gasteiger partial charge in [0.05, 0.1) is 12.2 Å². The van der Waals surface area contributed by atoms with Gasteiger partial charge in [0.25, 0.3) is 0 Å². The Kier molecular flexibility index (Phi) is 9.89. The van der Waals surface area contributed by atoms with E-state index >= 15 is 0 Å². The maximum atomic E-state index is 7.07. The second kappa shape index (κ2) is 11.6. The fraction of sp³-hybridized carbons (Fsp3) is 1.00. The highest BCUT2D eigenvalue weighted by molar-refractivity contribution is 4.82. The van der Waals surface area contributed by atoms with Gasteiger partial charge in [0, 0.05) is 0 Å². The quantitative estimate of drug-likeness (QED) is 0.391. The summed E-state index contributed by atoms with van der Waals surface area (Å²) >= 11 is 0. The molecule has 0 radical (unpaired) electrons. The Morgan fingerprint density at radius 1 is 0.640 bits per heavy atom. The van der Waals surface area contributed by atoms with Crippen LogP contribution in [0, 0.1) is 23.7 Å². The first-order valence-electron chi connectivity index (χ1n) is 11.8. The third-order valence-electron chi connectivity index (χ3n) is 7.36. The van der Waals surface area contributed by atoms with Gasteiger partial charge < -0.3 is 4.74 Å². The van der Waals surface area contributed by atoms with Crippen LogP contribution in [-0.2, 0) is 4.74 Å². The molecule has 4 atom stereocenters. The maximum Gasteiger partial charge on any atom is 0.0609 e. The molecule has 0 aliphatic heterocycles. The Morgan fingerprint density at radius 2 is 1.00 bits per heavy atom. The van der Waals surface area contributed by atoms with Crippen LogP contribution in [0.3, 0.4) is 0 Å². The number of hydrogen-bond acceptors (Lipinski definition) is 1. The minimum Gasteiger partial charge on any atom is -0.374 e. The maximum absolute atomic E-state index is 7.07. The molecule has 0 saturated heterocycles. The van der Waals surface area contributed by atoms with Crippen molar-refractivity contribution in [2.24, 2.45) is 23.7 Å². The van der Waals surface area contributed by atoms with Crippen LogP contribution in [0.25, 0.3) is 0 Å². The van der Waals surface area contributed by atoms with Crippen LogP contribution in [0.1, 0.15) is 118 Å². The summed E-state index contributed by atoms with van der Waals surface area (Å²) in [7, 11) is 0. The lowest BCUT2D eigenvalue weighted by atomic mass is 9.79. The molecule has 0 bridgehead atoms. The van der Waals surface area contributed by atoms with Gasteiger partial charge >= 0.3 is 0 Å². The average Bonchev–Trinajstić information content (AvgIpc) is 2.67. The molecule has 0 N–H and O–H groups in total. The Balaban J connectivity index is 2.04. The van der Waals surface area contributed by atoms with E-state index in [0.29, 0.717) is 12.2 Å². The third kappa shape index (κ3) is 7.24. The minimum atomic E-state index is 0.534. The molecule has 0 spiro atoms. The van der Waals surface area contributed by atoms with Crippen molar-refractivity contribution >= 4 is 0 Å². The molecule has 2 aliphatic rings. The molecule has 2 fully saturated rings. The molecule has 0 aromatic heterocycles. The van der Waals surface area contributed by atoms with E-state index in [0.717, 1.165) is 23.7 Å². The summed E-state index contributed by atoms with van der Waals surface area (Å²) < 4.78 is 7.07. The molecule has 2 aliphatic carbocycles. The first kappa shape index (κ1) is 21.3. The van der Waals surface area contributed by atoms with Gasteiger partial charge in [0.15, 0.2) is 0 Å². The summed E-state index contributed by atoms with van der Waals surface area (Å²) in [6.45, 7) is 9.56. The van der Waals surface area contributed by atoms with E-state index in [-0.39, 0.29) is 0 Å².